The van der Waals surface area contributed by atoms with E-state index in [-0.39, 0.29) is 11.9 Å². The van der Waals surface area contributed by atoms with E-state index in [2.05, 4.69) is 19.1 Å². The Morgan fingerprint density at radius 3 is 2.69 bits per heavy atom. The van der Waals surface area contributed by atoms with Crippen LogP contribution in [-0.2, 0) is 4.79 Å². The summed E-state index contributed by atoms with van der Waals surface area (Å²) >= 11 is 1.87. The maximum Gasteiger partial charge on any atom is 0.341 e. The molecule has 1 aliphatic heterocycles. The van der Waals surface area contributed by atoms with Crippen molar-refractivity contribution >= 4 is 23.6 Å². The van der Waals surface area contributed by atoms with Crippen molar-refractivity contribution in [1.29, 1.82) is 0 Å². The smallest absolute Gasteiger partial charge is 0.341 e. The molecule has 0 saturated carbocycles. The number of carboxylic acids is 1. The average molecular weight is 371 g/mol. The first kappa shape index (κ1) is 18.3. The molecule has 26 heavy (non-hydrogen) atoms. The molecule has 0 radical (unpaired) electrons. The maximum atomic E-state index is 13.2. The summed E-state index contributed by atoms with van der Waals surface area (Å²) in [5.74, 6) is 0.166. The standard InChI is InChI=1S/C20H21NO4S/c1-14-19(15-6-3-2-4-7-15)21(10-11-26-14)20(24)16-8-5-9-17(12-16)25-13-18(22)23/h2-9,12,14,19H,10-11,13H2,1H3,(H,22,23). The summed E-state index contributed by atoms with van der Waals surface area (Å²) in [4.78, 5) is 25.7. The van der Waals surface area contributed by atoms with Crippen LogP contribution in [0.4, 0.5) is 0 Å². The molecule has 2 aromatic carbocycles. The van der Waals surface area contributed by atoms with Crippen LogP contribution in [0.25, 0.3) is 0 Å². The number of carboxylic acid groups (broad SMARTS) is 1. The van der Waals surface area contributed by atoms with Crippen LogP contribution in [-0.4, -0.2) is 46.0 Å². The van der Waals surface area contributed by atoms with E-state index in [0.29, 0.717) is 23.1 Å². The minimum atomic E-state index is -1.05. The predicted octanol–water partition coefficient (Wildman–Crippen LogP) is 3.47. The minimum absolute atomic E-state index is 0.00560. The van der Waals surface area contributed by atoms with Crippen molar-refractivity contribution in [3.63, 3.8) is 0 Å². The number of carbonyl (C=O) groups is 2. The molecule has 1 saturated heterocycles. The second-order valence-electron chi connectivity index (χ2n) is 6.14. The zero-order valence-corrected chi connectivity index (χ0v) is 15.3. The highest BCUT2D eigenvalue weighted by Crippen LogP contribution is 2.37. The lowest BCUT2D eigenvalue weighted by Gasteiger charge is -2.40. The van der Waals surface area contributed by atoms with Crippen LogP contribution in [0.2, 0.25) is 0 Å². The van der Waals surface area contributed by atoms with Crippen molar-refractivity contribution in [2.24, 2.45) is 0 Å². The second-order valence-corrected chi connectivity index (χ2v) is 7.63. The Labute approximate surface area is 157 Å². The van der Waals surface area contributed by atoms with E-state index in [1.165, 1.54) is 0 Å². The zero-order chi connectivity index (χ0) is 18.5. The van der Waals surface area contributed by atoms with E-state index in [9.17, 15) is 9.59 Å². The summed E-state index contributed by atoms with van der Waals surface area (Å²) in [6, 6.07) is 16.8. The topological polar surface area (TPSA) is 66.8 Å². The normalized spacial score (nSPS) is 19.8. The SMILES string of the molecule is CC1SCCN(C(=O)c2cccc(OCC(=O)O)c2)C1c1ccccc1. The van der Waals surface area contributed by atoms with Crippen LogP contribution in [0, 0.1) is 0 Å². The van der Waals surface area contributed by atoms with Crippen molar-refractivity contribution < 1.29 is 19.4 Å². The lowest BCUT2D eigenvalue weighted by molar-refractivity contribution is -0.139. The van der Waals surface area contributed by atoms with Gasteiger partial charge in [0.2, 0.25) is 0 Å². The van der Waals surface area contributed by atoms with Gasteiger partial charge in [-0.15, -0.1) is 0 Å². The van der Waals surface area contributed by atoms with Crippen LogP contribution in [0.1, 0.15) is 28.9 Å². The van der Waals surface area contributed by atoms with Gasteiger partial charge in [-0.1, -0.05) is 43.3 Å². The summed E-state index contributed by atoms with van der Waals surface area (Å²) in [5, 5.41) is 9.04. The van der Waals surface area contributed by atoms with E-state index < -0.39 is 12.6 Å². The lowest BCUT2D eigenvalue weighted by Crippen LogP contribution is -2.43. The molecule has 2 atom stereocenters. The molecule has 6 heteroatoms. The van der Waals surface area contributed by atoms with E-state index in [4.69, 9.17) is 9.84 Å². The number of amides is 1. The number of carbonyl (C=O) groups excluding carboxylic acids is 1. The van der Waals surface area contributed by atoms with E-state index in [0.717, 1.165) is 11.3 Å². The number of hydrogen-bond acceptors (Lipinski definition) is 4. The van der Waals surface area contributed by atoms with Gasteiger partial charge in [-0.3, -0.25) is 4.79 Å². The highest BCUT2D eigenvalue weighted by Gasteiger charge is 2.34. The Morgan fingerprint density at radius 2 is 1.96 bits per heavy atom. The molecule has 2 unspecified atom stereocenters. The van der Waals surface area contributed by atoms with Gasteiger partial charge in [-0.25, -0.2) is 4.79 Å². The first-order chi connectivity index (χ1) is 12.6. The maximum absolute atomic E-state index is 13.2. The minimum Gasteiger partial charge on any atom is -0.482 e. The van der Waals surface area contributed by atoms with Crippen molar-refractivity contribution in [3.8, 4) is 5.75 Å². The number of benzene rings is 2. The average Bonchev–Trinajstić information content (AvgIpc) is 2.66. The van der Waals surface area contributed by atoms with Crippen LogP contribution in [0.3, 0.4) is 0 Å². The number of ether oxygens (including phenoxy) is 1. The number of rotatable bonds is 5. The number of hydrogen-bond donors (Lipinski definition) is 1. The van der Waals surface area contributed by atoms with Crippen LogP contribution < -0.4 is 4.74 Å². The van der Waals surface area contributed by atoms with Gasteiger partial charge in [0, 0.05) is 23.1 Å². The van der Waals surface area contributed by atoms with Crippen molar-refractivity contribution in [3.05, 3.63) is 65.7 Å². The third kappa shape index (κ3) is 4.19. The quantitative estimate of drug-likeness (QED) is 0.872. The highest BCUT2D eigenvalue weighted by atomic mass is 32.2. The Hall–Kier alpha value is -2.47. The molecule has 1 N–H and O–H groups in total. The summed E-state index contributed by atoms with van der Waals surface area (Å²) in [6.07, 6.45) is 0. The van der Waals surface area contributed by atoms with Gasteiger partial charge in [0.15, 0.2) is 6.61 Å². The molecule has 1 heterocycles. The van der Waals surface area contributed by atoms with Crippen molar-refractivity contribution in [1.82, 2.24) is 4.90 Å². The number of nitrogens with zero attached hydrogens (tertiary/aromatic N) is 1. The van der Waals surface area contributed by atoms with Gasteiger partial charge in [0.1, 0.15) is 5.75 Å². The Bertz CT molecular complexity index is 780. The number of thioether (sulfide) groups is 1. The molecule has 2 aromatic rings. The van der Waals surface area contributed by atoms with Gasteiger partial charge in [0.25, 0.3) is 5.91 Å². The molecule has 5 nitrogen and oxygen atoms in total. The fourth-order valence-electron chi connectivity index (χ4n) is 3.18. The van der Waals surface area contributed by atoms with E-state index in [1.807, 2.05) is 34.9 Å². The summed E-state index contributed by atoms with van der Waals surface area (Å²) < 4.78 is 5.20. The zero-order valence-electron chi connectivity index (χ0n) is 14.5. The lowest BCUT2D eigenvalue weighted by atomic mass is 10.0. The van der Waals surface area contributed by atoms with Crippen LogP contribution in [0.15, 0.2) is 54.6 Å². The van der Waals surface area contributed by atoms with Crippen molar-refractivity contribution in [2.45, 2.75) is 18.2 Å². The first-order valence-corrected chi connectivity index (χ1v) is 9.53. The summed E-state index contributed by atoms with van der Waals surface area (Å²) in [7, 11) is 0. The van der Waals surface area contributed by atoms with Gasteiger partial charge in [-0.2, -0.15) is 11.8 Å². The fourth-order valence-corrected chi connectivity index (χ4v) is 4.34. The third-order valence-electron chi connectivity index (χ3n) is 4.34. The molecular formula is C20H21NO4S. The molecular weight excluding hydrogens is 350 g/mol. The molecule has 0 aliphatic carbocycles. The van der Waals surface area contributed by atoms with E-state index >= 15 is 0 Å². The molecule has 136 valence electrons. The van der Waals surface area contributed by atoms with Gasteiger partial charge in [0.05, 0.1) is 6.04 Å². The monoisotopic (exact) mass is 371 g/mol. The molecule has 3 rings (SSSR count). The molecule has 0 aromatic heterocycles. The van der Waals surface area contributed by atoms with Crippen molar-refractivity contribution in [2.75, 3.05) is 18.9 Å². The van der Waals surface area contributed by atoms with Crippen LogP contribution in [0.5, 0.6) is 5.75 Å². The van der Waals surface area contributed by atoms with Crippen LogP contribution >= 0.6 is 11.8 Å². The Balaban J connectivity index is 1.85. The van der Waals surface area contributed by atoms with Gasteiger partial charge in [-0.05, 0) is 23.8 Å². The second kappa shape index (κ2) is 8.27. The highest BCUT2D eigenvalue weighted by molar-refractivity contribution is 8.00. The first-order valence-electron chi connectivity index (χ1n) is 8.48. The van der Waals surface area contributed by atoms with Gasteiger partial charge >= 0.3 is 5.97 Å². The Kier molecular flexibility index (Phi) is 5.83. The molecule has 0 bridgehead atoms. The van der Waals surface area contributed by atoms with E-state index in [1.54, 1.807) is 24.3 Å². The predicted molar refractivity (Wildman–Crippen MR) is 102 cm³/mol. The number of aliphatic carboxylic acids is 1. The summed E-state index contributed by atoms with van der Waals surface area (Å²) in [6.45, 7) is 2.39. The molecule has 0 spiro atoms. The fraction of sp³-hybridized carbons (Fsp3) is 0.300. The third-order valence-corrected chi connectivity index (χ3v) is 5.54. The Morgan fingerprint density at radius 1 is 1.19 bits per heavy atom. The molecule has 1 fully saturated rings. The largest absolute Gasteiger partial charge is 0.482 e. The molecule has 1 amide bonds. The van der Waals surface area contributed by atoms with Gasteiger partial charge < -0.3 is 14.7 Å². The summed E-state index contributed by atoms with van der Waals surface area (Å²) in [5.41, 5.74) is 1.63. The molecule has 1 aliphatic rings.